The molecule has 0 radical (unpaired) electrons. The van der Waals surface area contributed by atoms with Crippen molar-refractivity contribution in [2.45, 2.75) is 203 Å². The van der Waals surface area contributed by atoms with Crippen LogP contribution in [-0.4, -0.2) is 16.4 Å². The van der Waals surface area contributed by atoms with Crippen LogP contribution in [0.25, 0.3) is 0 Å². The van der Waals surface area contributed by atoms with Crippen molar-refractivity contribution in [3.05, 3.63) is 87.2 Å². The highest BCUT2D eigenvalue weighted by molar-refractivity contribution is 6.02. The molecule has 0 saturated heterocycles. The van der Waals surface area contributed by atoms with Gasteiger partial charge in [-0.3, -0.25) is 9.98 Å². The Kier molecular flexibility index (Phi) is 11.2. The van der Waals surface area contributed by atoms with Gasteiger partial charge in [0.2, 0.25) is 0 Å². The van der Waals surface area contributed by atoms with Gasteiger partial charge in [-0.15, -0.1) is 0 Å². The number of nitrogens with zero attached hydrogens (tertiary/aromatic N) is 3. The van der Waals surface area contributed by atoms with Crippen molar-refractivity contribution in [1.82, 2.24) is 4.98 Å². The van der Waals surface area contributed by atoms with E-state index < -0.39 is 0 Å². The van der Waals surface area contributed by atoms with Crippen LogP contribution in [0, 0.1) is 0 Å². The van der Waals surface area contributed by atoms with E-state index in [-0.39, 0.29) is 0 Å². The molecule has 1 aromatic heterocycles. The molecule has 6 aliphatic rings. The SMILES string of the molecule is CC(=Nc1c(C2CCCC2)cc(C2CCCC2)cc1C1CCCC1)c1cccc(C(C)=Nc2c(C3CCCC3)cc(C3CCCC3)cc2C2CCCC2)n1. The monoisotopic (exact) mass is 722 g/mol. The summed E-state index contributed by atoms with van der Waals surface area (Å²) in [7, 11) is 0. The predicted octanol–water partition coefficient (Wildman–Crippen LogP) is 15.3. The molecule has 2 aromatic carbocycles. The topological polar surface area (TPSA) is 37.6 Å². The van der Waals surface area contributed by atoms with Crippen molar-refractivity contribution < 1.29 is 0 Å². The van der Waals surface area contributed by atoms with E-state index in [1.807, 2.05) is 0 Å². The molecule has 1 heterocycles. The van der Waals surface area contributed by atoms with Gasteiger partial charge in [-0.25, -0.2) is 4.98 Å². The summed E-state index contributed by atoms with van der Waals surface area (Å²) in [5.41, 5.74) is 16.2. The minimum Gasteiger partial charge on any atom is -0.251 e. The van der Waals surface area contributed by atoms with Crippen molar-refractivity contribution in [2.75, 3.05) is 0 Å². The minimum atomic E-state index is 0.648. The first-order valence-corrected chi connectivity index (χ1v) is 23.0. The van der Waals surface area contributed by atoms with E-state index in [1.54, 1.807) is 33.4 Å². The average molecular weight is 722 g/mol. The molecule has 9 rings (SSSR count). The van der Waals surface area contributed by atoms with E-state index in [0.717, 1.165) is 34.6 Å². The second-order valence-corrected chi connectivity index (χ2v) is 18.8. The van der Waals surface area contributed by atoms with Crippen LogP contribution in [0.4, 0.5) is 11.4 Å². The smallest absolute Gasteiger partial charge is 0.0849 e. The Balaban J connectivity index is 1.10. The Morgan fingerprint density at radius 2 is 0.667 bits per heavy atom. The zero-order valence-corrected chi connectivity index (χ0v) is 33.8. The molecule has 0 bridgehead atoms. The molecule has 3 heteroatoms. The summed E-state index contributed by atoms with van der Waals surface area (Å²) in [6.07, 6.45) is 32.4. The first kappa shape index (κ1) is 36.6. The van der Waals surface area contributed by atoms with Crippen LogP contribution in [0.2, 0.25) is 0 Å². The van der Waals surface area contributed by atoms with Gasteiger partial charge in [-0.05, 0) is 172 Å². The van der Waals surface area contributed by atoms with Crippen LogP contribution in [0.3, 0.4) is 0 Å². The first-order chi connectivity index (χ1) is 26.6. The number of aliphatic imine (C=N–C) groups is 2. The molecule has 0 aliphatic heterocycles. The average Bonchev–Trinajstić information content (AvgIpc) is 4.07. The Morgan fingerprint density at radius 3 is 0.944 bits per heavy atom. The minimum absolute atomic E-state index is 0.648. The zero-order valence-electron chi connectivity index (χ0n) is 33.8. The van der Waals surface area contributed by atoms with Gasteiger partial charge in [0, 0.05) is 0 Å². The fourth-order valence-electron chi connectivity index (χ4n) is 12.1. The van der Waals surface area contributed by atoms with Crippen LogP contribution in [0.15, 0.2) is 52.4 Å². The third-order valence-corrected chi connectivity index (χ3v) is 15.3. The van der Waals surface area contributed by atoms with Gasteiger partial charge >= 0.3 is 0 Å². The molecule has 0 unspecified atom stereocenters. The lowest BCUT2D eigenvalue weighted by Crippen LogP contribution is -2.08. The molecule has 54 heavy (non-hydrogen) atoms. The van der Waals surface area contributed by atoms with E-state index in [9.17, 15) is 0 Å². The van der Waals surface area contributed by atoms with Gasteiger partial charge in [0.15, 0.2) is 0 Å². The number of rotatable bonds is 10. The third-order valence-electron chi connectivity index (χ3n) is 15.3. The molecule has 0 N–H and O–H groups in total. The van der Waals surface area contributed by atoms with Gasteiger partial charge in [0.05, 0.1) is 34.2 Å². The lowest BCUT2D eigenvalue weighted by molar-refractivity contribution is 0.680. The van der Waals surface area contributed by atoms with Gasteiger partial charge in [-0.2, -0.15) is 0 Å². The number of hydrogen-bond donors (Lipinski definition) is 0. The molecule has 6 fully saturated rings. The third kappa shape index (κ3) is 7.69. The zero-order chi connectivity index (χ0) is 36.4. The largest absolute Gasteiger partial charge is 0.251 e. The molecule has 6 saturated carbocycles. The Morgan fingerprint density at radius 1 is 0.407 bits per heavy atom. The quantitative estimate of drug-likeness (QED) is 0.192. The van der Waals surface area contributed by atoms with Crippen LogP contribution in [0.5, 0.6) is 0 Å². The summed E-state index contributed by atoms with van der Waals surface area (Å²) in [5, 5.41) is 0. The maximum Gasteiger partial charge on any atom is 0.0849 e. The number of hydrogen-bond acceptors (Lipinski definition) is 3. The van der Waals surface area contributed by atoms with Crippen molar-refractivity contribution in [3.63, 3.8) is 0 Å². The van der Waals surface area contributed by atoms with E-state index in [0.29, 0.717) is 23.7 Å². The number of pyridine rings is 1. The Bertz CT molecular complexity index is 1620. The molecule has 0 amide bonds. The van der Waals surface area contributed by atoms with Crippen molar-refractivity contribution >= 4 is 22.8 Å². The standard InChI is InChI=1S/C51H67N3/c1-34(52-50-44(38-20-7-8-21-38)30-42(36-16-3-4-17-36)31-45(50)39-22-9-10-23-39)48-28-15-29-49(54-48)35(2)53-51-46(40-24-11-12-25-40)32-43(37-18-5-6-19-37)33-47(51)41-26-13-14-27-41/h15,28-33,36-41H,3-14,16-27H2,1-2H3. The lowest BCUT2D eigenvalue weighted by atomic mass is 9.83. The summed E-state index contributed by atoms with van der Waals surface area (Å²) in [6, 6.07) is 17.1. The molecule has 6 aliphatic carbocycles. The highest BCUT2D eigenvalue weighted by Crippen LogP contribution is 2.50. The lowest BCUT2D eigenvalue weighted by Gasteiger charge is -2.24. The fraction of sp³-hybridized carbons (Fsp3) is 0.627. The Hall–Kier alpha value is -3.07. The molecule has 286 valence electrons. The molecular weight excluding hydrogens is 655 g/mol. The number of benzene rings is 2. The summed E-state index contributed by atoms with van der Waals surface area (Å²) in [4.78, 5) is 16.7. The van der Waals surface area contributed by atoms with Crippen molar-refractivity contribution in [2.24, 2.45) is 9.98 Å². The van der Waals surface area contributed by atoms with Crippen LogP contribution >= 0.6 is 0 Å². The van der Waals surface area contributed by atoms with Crippen LogP contribution in [-0.2, 0) is 0 Å². The van der Waals surface area contributed by atoms with Crippen LogP contribution < -0.4 is 0 Å². The molecule has 0 spiro atoms. The summed E-state index contributed by atoms with van der Waals surface area (Å²) >= 11 is 0. The van der Waals surface area contributed by atoms with Crippen molar-refractivity contribution in [1.29, 1.82) is 0 Å². The Labute approximate surface area is 327 Å². The maximum atomic E-state index is 5.67. The molecular formula is C51H67N3. The molecule has 3 aromatic rings. The van der Waals surface area contributed by atoms with E-state index in [1.165, 1.54) is 165 Å². The highest BCUT2D eigenvalue weighted by Gasteiger charge is 2.31. The van der Waals surface area contributed by atoms with Crippen LogP contribution in [0.1, 0.15) is 248 Å². The normalized spacial score (nSPS) is 23.2. The van der Waals surface area contributed by atoms with Gasteiger partial charge in [0.25, 0.3) is 0 Å². The number of aromatic nitrogens is 1. The summed E-state index contributed by atoms with van der Waals surface area (Å²) in [5.74, 6) is 4.08. The second kappa shape index (κ2) is 16.6. The van der Waals surface area contributed by atoms with Gasteiger partial charge in [0.1, 0.15) is 0 Å². The first-order valence-electron chi connectivity index (χ1n) is 23.0. The highest BCUT2D eigenvalue weighted by atomic mass is 14.8. The van der Waals surface area contributed by atoms with E-state index >= 15 is 0 Å². The summed E-state index contributed by atoms with van der Waals surface area (Å²) in [6.45, 7) is 4.44. The predicted molar refractivity (Wildman–Crippen MR) is 228 cm³/mol. The maximum absolute atomic E-state index is 5.67. The van der Waals surface area contributed by atoms with Crippen molar-refractivity contribution in [3.8, 4) is 0 Å². The fourth-order valence-corrected chi connectivity index (χ4v) is 12.1. The van der Waals surface area contributed by atoms with Gasteiger partial charge in [-0.1, -0.05) is 107 Å². The molecule has 0 atom stereocenters. The second-order valence-electron chi connectivity index (χ2n) is 18.8. The van der Waals surface area contributed by atoms with E-state index in [2.05, 4.69) is 56.3 Å². The molecule has 3 nitrogen and oxygen atoms in total. The summed E-state index contributed by atoms with van der Waals surface area (Å²) < 4.78 is 0. The van der Waals surface area contributed by atoms with Gasteiger partial charge < -0.3 is 0 Å². The van der Waals surface area contributed by atoms with E-state index in [4.69, 9.17) is 15.0 Å².